The van der Waals surface area contributed by atoms with Crippen LogP contribution in [-0.4, -0.2) is 13.6 Å². The molecule has 3 nitrogen and oxygen atoms in total. The molecule has 0 aromatic heterocycles. The van der Waals surface area contributed by atoms with Crippen molar-refractivity contribution in [3.63, 3.8) is 0 Å². The van der Waals surface area contributed by atoms with E-state index in [1.54, 1.807) is 0 Å². The Morgan fingerprint density at radius 1 is 0.369 bits per heavy atom. The van der Waals surface area contributed by atoms with Crippen LogP contribution >= 0.6 is 0 Å². The fourth-order valence-electron chi connectivity index (χ4n) is 12.6. The lowest BCUT2D eigenvalue weighted by Gasteiger charge is -2.46. The summed E-state index contributed by atoms with van der Waals surface area (Å²) in [6, 6.07) is 69.6. The molecule has 306 valence electrons. The van der Waals surface area contributed by atoms with Gasteiger partial charge in [-0.05, 0) is 120 Å². The number of ether oxygens (including phenoxy) is 2. The molecular weight excluding hydrogens is 788 g/mol. The van der Waals surface area contributed by atoms with Crippen molar-refractivity contribution in [2.75, 3.05) is 4.81 Å². The number of para-hydroxylation sites is 3. The van der Waals surface area contributed by atoms with Crippen molar-refractivity contribution in [1.82, 2.24) is 0 Å². The van der Waals surface area contributed by atoms with Gasteiger partial charge in [-0.15, -0.1) is 0 Å². The van der Waals surface area contributed by atoms with Gasteiger partial charge in [0.2, 0.25) is 0 Å². The predicted octanol–water partition coefficient (Wildman–Crippen LogP) is 11.6. The first-order valence-electron chi connectivity index (χ1n) is 23.0. The molecule has 4 heterocycles. The molecule has 14 rings (SSSR count). The number of hydrogen-bond acceptors (Lipinski definition) is 3. The third-order valence-corrected chi connectivity index (χ3v) is 15.4. The van der Waals surface area contributed by atoms with Crippen LogP contribution < -0.4 is 41.6 Å². The molecule has 1 aliphatic carbocycles. The lowest BCUT2D eigenvalue weighted by Crippen LogP contribution is -2.59. The van der Waals surface area contributed by atoms with Crippen molar-refractivity contribution in [2.45, 2.75) is 38.5 Å². The van der Waals surface area contributed by atoms with E-state index in [1.165, 1.54) is 94.4 Å². The Kier molecular flexibility index (Phi) is 7.42. The Balaban J connectivity index is 0.945. The maximum absolute atomic E-state index is 6.83. The van der Waals surface area contributed by atoms with Crippen LogP contribution in [0.15, 0.2) is 188 Å². The Bertz CT molecular complexity index is 3480. The van der Waals surface area contributed by atoms with Gasteiger partial charge in [0.1, 0.15) is 23.0 Å². The van der Waals surface area contributed by atoms with Crippen molar-refractivity contribution in [1.29, 1.82) is 0 Å². The van der Waals surface area contributed by atoms with Gasteiger partial charge in [0.15, 0.2) is 0 Å². The average Bonchev–Trinajstić information content (AvgIpc) is 3.35. The molecule has 0 amide bonds. The fraction of sp³-hybridized carbons (Fsp3) is 0.100. The van der Waals surface area contributed by atoms with E-state index in [9.17, 15) is 0 Å². The van der Waals surface area contributed by atoms with Gasteiger partial charge in [-0.2, -0.15) is 0 Å². The molecule has 0 radical (unpaired) electrons. The van der Waals surface area contributed by atoms with Crippen LogP contribution in [0.25, 0.3) is 44.5 Å². The summed E-state index contributed by atoms with van der Waals surface area (Å²) in [5, 5.41) is 0. The van der Waals surface area contributed by atoms with Gasteiger partial charge in [-0.1, -0.05) is 173 Å². The lowest BCUT2D eigenvalue weighted by atomic mass is 9.35. The standard InChI is InChI=1S/C60H43B2NO2/c1-59(2)44-22-15-20-38(36-31-32-51-43(33-36)41-18-6-9-25-47(41)62-46-24-8-5-17-40(46)42-19-7-12-28-50(42)63(51)62)56(44)60(3,4)57-39(21-16-23-45(57)59)37-34-54-58-55(35-37)65-53-30-14-11-27-49(53)61(58)48-26-10-13-29-52(48)64-54/h5-35H,1-4H3. The Morgan fingerprint density at radius 3 is 1.46 bits per heavy atom. The molecule has 0 fully saturated rings. The quantitative estimate of drug-likeness (QED) is 0.162. The number of fused-ring (bicyclic) bond motifs is 17. The van der Waals surface area contributed by atoms with Crippen molar-refractivity contribution >= 4 is 52.2 Å². The van der Waals surface area contributed by atoms with Gasteiger partial charge in [0, 0.05) is 38.8 Å². The van der Waals surface area contributed by atoms with E-state index in [4.69, 9.17) is 9.47 Å². The zero-order chi connectivity index (χ0) is 43.3. The molecule has 0 N–H and O–H groups in total. The molecule has 0 spiro atoms. The highest BCUT2D eigenvalue weighted by atomic mass is 16.5. The molecule has 4 aliphatic heterocycles. The Labute approximate surface area is 381 Å². The van der Waals surface area contributed by atoms with Crippen molar-refractivity contribution in [2.24, 2.45) is 0 Å². The summed E-state index contributed by atoms with van der Waals surface area (Å²) in [5.41, 5.74) is 23.4. The minimum Gasteiger partial charge on any atom is -0.458 e. The monoisotopic (exact) mass is 831 g/mol. The summed E-state index contributed by atoms with van der Waals surface area (Å²) in [6.07, 6.45) is 0. The molecule has 0 atom stereocenters. The van der Waals surface area contributed by atoms with E-state index in [0.717, 1.165) is 34.0 Å². The van der Waals surface area contributed by atoms with Crippen LogP contribution in [0.1, 0.15) is 49.9 Å². The molecule has 5 heteroatoms. The summed E-state index contributed by atoms with van der Waals surface area (Å²) in [6.45, 7) is 9.80. The Morgan fingerprint density at radius 2 is 0.846 bits per heavy atom. The maximum Gasteiger partial charge on any atom is 0.329 e. The third kappa shape index (κ3) is 4.93. The van der Waals surface area contributed by atoms with Gasteiger partial charge >= 0.3 is 6.85 Å². The van der Waals surface area contributed by atoms with Gasteiger partial charge in [0.25, 0.3) is 6.71 Å². The van der Waals surface area contributed by atoms with Gasteiger partial charge in [-0.3, -0.25) is 0 Å². The highest BCUT2D eigenvalue weighted by Gasteiger charge is 2.47. The minimum atomic E-state index is -0.377. The van der Waals surface area contributed by atoms with Crippen LogP contribution in [0.4, 0.5) is 11.4 Å². The number of nitrogens with zero attached hydrogens (tertiary/aromatic N) is 1. The van der Waals surface area contributed by atoms with Crippen molar-refractivity contribution in [3.05, 3.63) is 210 Å². The van der Waals surface area contributed by atoms with Crippen LogP contribution in [-0.2, 0) is 10.8 Å². The van der Waals surface area contributed by atoms with Crippen molar-refractivity contribution < 1.29 is 9.47 Å². The van der Waals surface area contributed by atoms with Crippen LogP contribution in [0.5, 0.6) is 23.0 Å². The zero-order valence-electron chi connectivity index (χ0n) is 36.8. The van der Waals surface area contributed by atoms with E-state index >= 15 is 0 Å². The molecular formula is C60H43B2NO2. The topological polar surface area (TPSA) is 21.7 Å². The van der Waals surface area contributed by atoms with Crippen LogP contribution in [0, 0.1) is 0 Å². The summed E-state index contributed by atoms with van der Waals surface area (Å²) in [4.78, 5) is 2.59. The fourth-order valence-corrected chi connectivity index (χ4v) is 12.6. The summed E-state index contributed by atoms with van der Waals surface area (Å²) in [5.74, 6) is 3.52. The second kappa shape index (κ2) is 13.1. The number of benzene rings is 9. The first-order chi connectivity index (χ1) is 31.8. The van der Waals surface area contributed by atoms with Gasteiger partial charge in [-0.25, -0.2) is 0 Å². The largest absolute Gasteiger partial charge is 0.458 e. The summed E-state index contributed by atoms with van der Waals surface area (Å²) < 4.78 is 13.7. The number of anilines is 2. The second-order valence-corrected chi connectivity index (χ2v) is 19.5. The Hall–Kier alpha value is -7.49. The van der Waals surface area contributed by atoms with Gasteiger partial charge < -0.3 is 14.3 Å². The highest BCUT2D eigenvalue weighted by Crippen LogP contribution is 2.56. The second-order valence-electron chi connectivity index (χ2n) is 19.5. The van der Waals surface area contributed by atoms with Crippen molar-refractivity contribution in [3.8, 4) is 67.5 Å². The minimum absolute atomic E-state index is 0.0355. The van der Waals surface area contributed by atoms with E-state index < -0.39 is 0 Å². The molecule has 9 aromatic rings. The normalized spacial score (nSPS) is 15.5. The first kappa shape index (κ1) is 36.9. The molecule has 0 unspecified atom stereocenters. The van der Waals surface area contributed by atoms with E-state index in [2.05, 4.69) is 221 Å². The molecule has 0 saturated heterocycles. The lowest BCUT2D eigenvalue weighted by molar-refractivity contribution is 0.465. The van der Waals surface area contributed by atoms with Crippen LogP contribution in [0.3, 0.4) is 0 Å². The average molecular weight is 832 g/mol. The van der Waals surface area contributed by atoms with E-state index in [1.807, 2.05) is 0 Å². The smallest absolute Gasteiger partial charge is 0.329 e. The van der Waals surface area contributed by atoms with Crippen LogP contribution in [0.2, 0.25) is 0 Å². The zero-order valence-corrected chi connectivity index (χ0v) is 36.8. The van der Waals surface area contributed by atoms with E-state index in [-0.39, 0.29) is 24.4 Å². The molecule has 0 bridgehead atoms. The number of rotatable bonds is 2. The molecule has 5 aliphatic rings. The first-order valence-corrected chi connectivity index (χ1v) is 23.0. The molecule has 0 saturated carbocycles. The van der Waals surface area contributed by atoms with Gasteiger partial charge in [0.05, 0.1) is 0 Å². The third-order valence-electron chi connectivity index (χ3n) is 15.4. The number of hydrogen-bond donors (Lipinski definition) is 0. The van der Waals surface area contributed by atoms with E-state index in [0.29, 0.717) is 0 Å². The molecule has 9 aromatic carbocycles. The maximum atomic E-state index is 6.83. The highest BCUT2D eigenvalue weighted by molar-refractivity contribution is 6.98. The predicted molar refractivity (Wildman–Crippen MR) is 270 cm³/mol. The molecule has 65 heavy (non-hydrogen) atoms. The summed E-state index contributed by atoms with van der Waals surface area (Å²) in [7, 11) is 0. The summed E-state index contributed by atoms with van der Waals surface area (Å²) >= 11 is 0. The SMILES string of the molecule is CC1(C)c2cccc(-c3cc4c5c(c3)Oc3ccccc3B5c3ccccc3O4)c2C(C)(C)c2c(-c3ccc4c(c3)-c3ccccc3B3c5ccccc5-c5ccccc5N34)cccc21.